The molecule has 0 N–H and O–H groups in total. The number of hydrogen-bond donors (Lipinski definition) is 0. The van der Waals surface area contributed by atoms with Gasteiger partial charge in [-0.2, -0.15) is 96.6 Å². The first-order valence-corrected chi connectivity index (χ1v) is 16.2. The van der Waals surface area contributed by atoms with Gasteiger partial charge in [0.25, 0.3) is 0 Å². The smallest absolute Gasteiger partial charge is 0.457 e. The monoisotopic (exact) mass is 880 g/mol. The predicted molar refractivity (Wildman–Crippen MR) is 143 cm³/mol. The van der Waals surface area contributed by atoms with Crippen molar-refractivity contribution in [1.82, 2.24) is 0 Å². The van der Waals surface area contributed by atoms with Crippen molar-refractivity contribution >= 4 is 11.9 Å². The van der Waals surface area contributed by atoms with E-state index >= 15 is 0 Å². The van der Waals surface area contributed by atoms with Crippen molar-refractivity contribution in [2.45, 2.75) is 125 Å². The van der Waals surface area contributed by atoms with E-state index in [1.165, 1.54) is 6.92 Å². The van der Waals surface area contributed by atoms with Crippen molar-refractivity contribution in [3.8, 4) is 0 Å². The minimum Gasteiger partial charge on any atom is -0.457 e. The van der Waals surface area contributed by atoms with Gasteiger partial charge in [0.1, 0.15) is 11.9 Å². The first-order valence-electron chi connectivity index (χ1n) is 16.2. The standard InChI is InChI=1S/C31H26F22O4/c1-20-9-7-13(56-18(54)23(34,35)25(38,39)30(48,49)50)11-12(20)3-4-14-15-5-6-17(21(15,2)10-8-16(14)20)57-19(55)22(32,33)24(36,37)26(40,41)27(42,43)28(44,45)29(46,47)31(51,52)53/h7,11,14-17H,3-6,8-10H2,1-2H3/t14?,15?,16?,17-,20-,21-/m0/s1. The Morgan fingerprint density at radius 1 is 0.579 bits per heavy atom. The summed E-state index contributed by atoms with van der Waals surface area (Å²) in [5.41, 5.74) is -2.21. The summed E-state index contributed by atoms with van der Waals surface area (Å²) in [6, 6.07) is 0. The zero-order chi connectivity index (χ0) is 44.4. The zero-order valence-corrected chi connectivity index (χ0v) is 28.4. The largest absolute Gasteiger partial charge is 0.460 e. The fourth-order valence-corrected chi connectivity index (χ4v) is 8.38. The number of carbonyl (C=O) groups is 2. The van der Waals surface area contributed by atoms with Crippen LogP contribution in [0.4, 0.5) is 96.6 Å². The van der Waals surface area contributed by atoms with Crippen LogP contribution in [0.5, 0.6) is 0 Å². The second kappa shape index (κ2) is 13.2. The predicted octanol–water partition coefficient (Wildman–Crippen LogP) is 11.1. The van der Waals surface area contributed by atoms with Gasteiger partial charge in [-0.25, -0.2) is 9.59 Å². The van der Waals surface area contributed by atoms with Crippen molar-refractivity contribution in [3.63, 3.8) is 0 Å². The molecule has 0 heterocycles. The lowest BCUT2D eigenvalue weighted by atomic mass is 9.48. The second-order valence-electron chi connectivity index (χ2n) is 14.8. The third-order valence-electron chi connectivity index (χ3n) is 11.7. The Morgan fingerprint density at radius 3 is 1.56 bits per heavy atom. The molecule has 3 fully saturated rings. The van der Waals surface area contributed by atoms with E-state index in [0.29, 0.717) is 5.57 Å². The molecule has 0 saturated heterocycles. The number of ether oxygens (including phenoxy) is 2. The molecule has 4 rings (SSSR count). The molecule has 0 aromatic heterocycles. The van der Waals surface area contributed by atoms with Gasteiger partial charge < -0.3 is 9.47 Å². The molecule has 0 aromatic rings. The topological polar surface area (TPSA) is 52.6 Å². The number of carbonyl (C=O) groups excluding carboxylic acids is 2. The summed E-state index contributed by atoms with van der Waals surface area (Å²) >= 11 is 0. The van der Waals surface area contributed by atoms with E-state index in [2.05, 4.69) is 9.47 Å². The summed E-state index contributed by atoms with van der Waals surface area (Å²) < 4.78 is 305. The Labute approximate surface area is 304 Å². The summed E-state index contributed by atoms with van der Waals surface area (Å²) in [5.74, 6) is -71.9. The maximum atomic E-state index is 14.7. The van der Waals surface area contributed by atoms with E-state index in [4.69, 9.17) is 0 Å². The zero-order valence-electron chi connectivity index (χ0n) is 28.4. The number of hydrogen-bond acceptors (Lipinski definition) is 4. The van der Waals surface area contributed by atoms with Crippen LogP contribution in [0.2, 0.25) is 0 Å². The summed E-state index contributed by atoms with van der Waals surface area (Å²) in [4.78, 5) is 24.1. The first-order chi connectivity index (χ1) is 25.2. The minimum absolute atomic E-state index is 0.00224. The van der Waals surface area contributed by atoms with Crippen molar-refractivity contribution in [1.29, 1.82) is 0 Å². The van der Waals surface area contributed by atoms with Crippen LogP contribution in [0.15, 0.2) is 23.5 Å². The maximum Gasteiger partial charge on any atom is 0.460 e. The van der Waals surface area contributed by atoms with E-state index in [9.17, 15) is 106 Å². The van der Waals surface area contributed by atoms with Crippen molar-refractivity contribution in [2.24, 2.45) is 28.6 Å². The lowest BCUT2D eigenvalue weighted by Gasteiger charge is -2.57. The SMILES string of the molecule is C[C@]12CC=C(OC(=O)C(F)(F)C(F)(F)C(F)(F)F)C=C1CCC1C2CC[C@@]2(C)C1CC[C@@H]2OC(=O)C(F)(F)C(F)(F)C(F)(F)C(F)(F)C(F)(F)C(F)(F)C(F)(F)F. The van der Waals surface area contributed by atoms with Crippen LogP contribution in [-0.4, -0.2) is 77.8 Å². The maximum absolute atomic E-state index is 14.7. The molecule has 3 saturated carbocycles. The summed E-state index contributed by atoms with van der Waals surface area (Å²) in [7, 11) is 0. The molecule has 4 aliphatic rings. The Kier molecular flexibility index (Phi) is 10.8. The third-order valence-corrected chi connectivity index (χ3v) is 11.7. The van der Waals surface area contributed by atoms with E-state index in [1.807, 2.05) is 0 Å². The van der Waals surface area contributed by atoms with Gasteiger partial charge >= 0.3 is 71.7 Å². The molecule has 328 valence electrons. The number of esters is 2. The van der Waals surface area contributed by atoms with E-state index in [0.717, 1.165) is 12.2 Å². The molecule has 0 aliphatic heterocycles. The molecular formula is C31H26F22O4. The minimum atomic E-state index is -8.59. The van der Waals surface area contributed by atoms with Gasteiger partial charge in [0, 0.05) is 5.41 Å². The average molecular weight is 881 g/mol. The Morgan fingerprint density at radius 2 is 1.05 bits per heavy atom. The molecule has 6 atom stereocenters. The van der Waals surface area contributed by atoms with Gasteiger partial charge in [-0.15, -0.1) is 0 Å². The van der Waals surface area contributed by atoms with Crippen LogP contribution in [0.25, 0.3) is 0 Å². The molecule has 0 radical (unpaired) electrons. The highest BCUT2D eigenvalue weighted by Gasteiger charge is 2.94. The Hall–Kier alpha value is -3.12. The molecular weight excluding hydrogens is 854 g/mol. The van der Waals surface area contributed by atoms with Crippen molar-refractivity contribution < 1.29 is 116 Å². The van der Waals surface area contributed by atoms with Crippen molar-refractivity contribution in [2.75, 3.05) is 0 Å². The van der Waals surface area contributed by atoms with Crippen LogP contribution in [0.1, 0.15) is 58.8 Å². The van der Waals surface area contributed by atoms with Crippen LogP contribution in [0, 0.1) is 28.6 Å². The van der Waals surface area contributed by atoms with Gasteiger partial charge in [0.15, 0.2) is 0 Å². The molecule has 26 heteroatoms. The fraction of sp³-hybridized carbons (Fsp3) is 0.806. The first kappa shape index (κ1) is 46.6. The molecule has 0 amide bonds. The van der Waals surface area contributed by atoms with Crippen LogP contribution >= 0.6 is 0 Å². The molecule has 4 aliphatic carbocycles. The molecule has 4 nitrogen and oxygen atoms in total. The average Bonchev–Trinajstić information content (AvgIpc) is 3.38. The lowest BCUT2D eigenvalue weighted by Crippen LogP contribution is -2.73. The summed E-state index contributed by atoms with van der Waals surface area (Å²) in [6.07, 6.45) is -15.7. The highest BCUT2D eigenvalue weighted by molar-refractivity contribution is 5.80. The van der Waals surface area contributed by atoms with Gasteiger partial charge in [0.05, 0.1) is 0 Å². The number of fused-ring (bicyclic) bond motifs is 5. The lowest BCUT2D eigenvalue weighted by molar-refractivity contribution is -0.450. The number of alkyl halides is 22. The summed E-state index contributed by atoms with van der Waals surface area (Å²) in [5, 5.41) is 0. The van der Waals surface area contributed by atoms with Gasteiger partial charge in [0.2, 0.25) is 0 Å². The second-order valence-corrected chi connectivity index (χ2v) is 14.8. The Bertz CT molecular complexity index is 1680. The molecule has 3 unspecified atom stereocenters. The fourth-order valence-electron chi connectivity index (χ4n) is 8.38. The molecule has 0 aromatic carbocycles. The number of rotatable bonds is 10. The van der Waals surface area contributed by atoms with E-state index in [1.54, 1.807) is 6.92 Å². The highest BCUT2D eigenvalue weighted by Crippen LogP contribution is 2.67. The Balaban J connectivity index is 1.52. The van der Waals surface area contributed by atoms with Gasteiger partial charge in [-0.1, -0.05) is 19.4 Å². The summed E-state index contributed by atoms with van der Waals surface area (Å²) in [6.45, 7) is 2.83. The molecule has 0 bridgehead atoms. The molecule has 57 heavy (non-hydrogen) atoms. The molecule has 0 spiro atoms. The number of halogens is 22. The van der Waals surface area contributed by atoms with E-state index < -0.39 is 119 Å². The van der Waals surface area contributed by atoms with Crippen molar-refractivity contribution in [3.05, 3.63) is 23.5 Å². The van der Waals surface area contributed by atoms with E-state index in [-0.39, 0.29) is 38.5 Å². The van der Waals surface area contributed by atoms with Crippen LogP contribution in [-0.2, 0) is 19.1 Å². The van der Waals surface area contributed by atoms with Crippen LogP contribution in [0.3, 0.4) is 0 Å². The van der Waals surface area contributed by atoms with Gasteiger partial charge in [-0.05, 0) is 80.3 Å². The number of allylic oxidation sites excluding steroid dienone is 3. The third kappa shape index (κ3) is 6.35. The quantitative estimate of drug-likeness (QED) is 0.162. The normalized spacial score (nSPS) is 29.8. The van der Waals surface area contributed by atoms with Gasteiger partial charge in [-0.3, -0.25) is 0 Å². The highest BCUT2D eigenvalue weighted by atomic mass is 19.4. The van der Waals surface area contributed by atoms with Crippen LogP contribution < -0.4 is 0 Å².